The van der Waals surface area contributed by atoms with E-state index in [-0.39, 0.29) is 44.9 Å². The molecule has 1 saturated carbocycles. The van der Waals surface area contributed by atoms with E-state index in [4.69, 9.17) is 10.2 Å². The minimum atomic E-state index is -3.60. The van der Waals surface area contributed by atoms with E-state index < -0.39 is 20.6 Å². The van der Waals surface area contributed by atoms with Gasteiger partial charge in [-0.25, -0.2) is 23.2 Å². The van der Waals surface area contributed by atoms with E-state index in [1.807, 2.05) is 6.07 Å². The second kappa shape index (κ2) is 12.6. The van der Waals surface area contributed by atoms with Gasteiger partial charge in [0.25, 0.3) is 0 Å². The third-order valence-corrected chi connectivity index (χ3v) is 8.75. The van der Waals surface area contributed by atoms with Crippen LogP contribution in [0.3, 0.4) is 0 Å². The summed E-state index contributed by atoms with van der Waals surface area (Å²) in [7, 11) is -3.60. The smallest absolute Gasteiger partial charge is 0.319 e. The predicted molar refractivity (Wildman–Crippen MR) is 136 cm³/mol. The zero-order valence-corrected chi connectivity index (χ0v) is 20.9. The molecule has 3 rings (SSSR count). The van der Waals surface area contributed by atoms with Crippen molar-refractivity contribution in [3.05, 3.63) is 36.0 Å². The van der Waals surface area contributed by atoms with Crippen molar-refractivity contribution in [2.24, 2.45) is 0 Å². The lowest BCUT2D eigenvalue weighted by Crippen LogP contribution is -2.36. The lowest BCUT2D eigenvalue weighted by molar-refractivity contribution is 0.252. The maximum Gasteiger partial charge on any atom is 0.319 e. The van der Waals surface area contributed by atoms with Gasteiger partial charge in [-0.3, -0.25) is 0 Å². The molecular formula is C24H32N6O5S. The van der Waals surface area contributed by atoms with Crippen molar-refractivity contribution < 1.29 is 23.4 Å². The van der Waals surface area contributed by atoms with E-state index >= 15 is 0 Å². The van der Waals surface area contributed by atoms with Gasteiger partial charge in [-0.05, 0) is 43.5 Å². The quantitative estimate of drug-likeness (QED) is 0.264. The van der Waals surface area contributed by atoms with Gasteiger partial charge < -0.3 is 26.2 Å². The molecule has 194 valence electrons. The van der Waals surface area contributed by atoms with Crippen LogP contribution in [0.2, 0.25) is 0 Å². The molecule has 5 N–H and O–H groups in total. The molecule has 1 aliphatic carbocycles. The van der Waals surface area contributed by atoms with Crippen LogP contribution in [0.25, 0.3) is 11.4 Å². The van der Waals surface area contributed by atoms with Gasteiger partial charge in [0, 0.05) is 37.0 Å². The first-order valence-corrected chi connectivity index (χ1v) is 13.6. The fourth-order valence-corrected chi connectivity index (χ4v) is 6.55. The average molecular weight is 517 g/mol. The molecule has 0 unspecified atom stereocenters. The maximum absolute atomic E-state index is 13.4. The molecule has 36 heavy (non-hydrogen) atoms. The van der Waals surface area contributed by atoms with E-state index in [1.54, 1.807) is 30.3 Å². The Morgan fingerprint density at radius 3 is 2.44 bits per heavy atom. The zero-order chi connectivity index (χ0) is 26.0. The number of nitrogens with zero attached hydrogens (tertiary/aromatic N) is 3. The van der Waals surface area contributed by atoms with Gasteiger partial charge in [0.1, 0.15) is 10.6 Å². The van der Waals surface area contributed by atoms with E-state index in [2.05, 4.69) is 20.9 Å². The Hall–Kier alpha value is -3.27. The third-order valence-electron chi connectivity index (χ3n) is 6.11. The van der Waals surface area contributed by atoms with Crippen molar-refractivity contribution in [3.8, 4) is 17.5 Å². The van der Waals surface area contributed by atoms with Crippen LogP contribution >= 0.6 is 0 Å². The number of nitriles is 1. The Morgan fingerprint density at radius 2 is 1.81 bits per heavy atom. The van der Waals surface area contributed by atoms with Crippen molar-refractivity contribution in [2.75, 3.05) is 42.7 Å². The minimum absolute atomic E-state index is 0.120. The summed E-state index contributed by atoms with van der Waals surface area (Å²) in [5.41, 5.74) is 1.56. The number of carbonyl (C=O) groups excluding carboxylic acids is 1. The zero-order valence-electron chi connectivity index (χ0n) is 20.0. The summed E-state index contributed by atoms with van der Waals surface area (Å²) < 4.78 is 25.7. The largest absolute Gasteiger partial charge is 0.396 e. The van der Waals surface area contributed by atoms with Crippen LogP contribution in [0, 0.1) is 11.3 Å². The molecule has 1 heterocycles. The molecule has 0 atom stereocenters. The molecule has 0 aliphatic heterocycles. The molecule has 12 heteroatoms. The standard InChI is InChI=1S/C24H32N6O5S/c25-11-3-12-27-23(33)28-19-7-5-18(6-8-19)22-29-20(17-21(30-22)26-13-15-32)24(9-1-2-10-24)36(34,35)16-4-14-31/h5-8,17,31-32H,1-4,9-10,12-16H2,(H,26,29,30)(H2,27,28,33). The van der Waals surface area contributed by atoms with Crippen LogP contribution < -0.4 is 16.0 Å². The molecule has 2 aromatic rings. The highest BCUT2D eigenvalue weighted by molar-refractivity contribution is 7.92. The first kappa shape index (κ1) is 27.3. The lowest BCUT2D eigenvalue weighted by atomic mass is 10.0. The Morgan fingerprint density at radius 1 is 1.08 bits per heavy atom. The van der Waals surface area contributed by atoms with Gasteiger partial charge in [-0.15, -0.1) is 0 Å². The monoisotopic (exact) mass is 516 g/mol. The van der Waals surface area contributed by atoms with Gasteiger partial charge in [0.15, 0.2) is 15.7 Å². The SMILES string of the molecule is N#CCCNC(=O)Nc1ccc(-c2nc(NCCO)cc(C3(S(=O)(=O)CCCO)CCCC3)n2)cc1. The minimum Gasteiger partial charge on any atom is -0.396 e. The highest BCUT2D eigenvalue weighted by atomic mass is 32.2. The molecule has 0 saturated heterocycles. The Balaban J connectivity index is 1.94. The number of carbonyl (C=O) groups is 1. The number of sulfone groups is 1. The van der Waals surface area contributed by atoms with Crippen molar-refractivity contribution in [2.45, 2.75) is 43.3 Å². The molecule has 1 aliphatic rings. The number of aromatic nitrogens is 2. The first-order valence-electron chi connectivity index (χ1n) is 11.9. The number of aliphatic hydroxyl groups excluding tert-OH is 2. The van der Waals surface area contributed by atoms with E-state index in [0.717, 1.165) is 12.8 Å². The molecule has 1 fully saturated rings. The fraction of sp³-hybridized carbons (Fsp3) is 0.500. The van der Waals surface area contributed by atoms with Crippen LogP contribution in [0.5, 0.6) is 0 Å². The van der Waals surface area contributed by atoms with Gasteiger partial charge >= 0.3 is 6.03 Å². The second-order valence-electron chi connectivity index (χ2n) is 8.58. The van der Waals surface area contributed by atoms with Gasteiger partial charge in [-0.1, -0.05) is 12.8 Å². The van der Waals surface area contributed by atoms with Crippen molar-refractivity contribution in [3.63, 3.8) is 0 Å². The Kier molecular flexibility index (Phi) is 9.58. The maximum atomic E-state index is 13.4. The Bertz CT molecular complexity index is 1170. The molecule has 2 amide bonds. The molecule has 0 bridgehead atoms. The van der Waals surface area contributed by atoms with Crippen molar-refractivity contribution >= 4 is 27.4 Å². The van der Waals surface area contributed by atoms with Gasteiger partial charge in [0.2, 0.25) is 0 Å². The van der Waals surface area contributed by atoms with Crippen LogP contribution in [0.4, 0.5) is 16.3 Å². The normalized spacial score (nSPS) is 14.7. The summed E-state index contributed by atoms with van der Waals surface area (Å²) in [6, 6.07) is 9.97. The number of nitrogens with one attached hydrogen (secondary N) is 3. The summed E-state index contributed by atoms with van der Waals surface area (Å²) in [6.45, 7) is 0.160. The number of hydrogen-bond donors (Lipinski definition) is 5. The van der Waals surface area contributed by atoms with E-state index in [9.17, 15) is 23.4 Å². The summed E-state index contributed by atoms with van der Waals surface area (Å²) in [5, 5.41) is 35.3. The van der Waals surface area contributed by atoms with Gasteiger partial charge in [-0.2, -0.15) is 5.26 Å². The number of hydrogen-bond acceptors (Lipinski definition) is 9. The van der Waals surface area contributed by atoms with Crippen molar-refractivity contribution in [1.29, 1.82) is 5.26 Å². The topological polar surface area (TPSA) is 177 Å². The Labute approximate surface area is 210 Å². The highest BCUT2D eigenvalue weighted by Crippen LogP contribution is 2.46. The number of aliphatic hydroxyl groups is 2. The molecular weight excluding hydrogens is 484 g/mol. The summed E-state index contributed by atoms with van der Waals surface area (Å²) in [6.07, 6.45) is 2.78. The molecule has 0 radical (unpaired) electrons. The molecule has 1 aromatic heterocycles. The van der Waals surface area contributed by atoms with Gasteiger partial charge in [0.05, 0.1) is 30.5 Å². The fourth-order valence-electron chi connectivity index (χ4n) is 4.32. The van der Waals surface area contributed by atoms with Crippen LogP contribution in [-0.4, -0.2) is 66.7 Å². The van der Waals surface area contributed by atoms with Crippen LogP contribution in [0.1, 0.15) is 44.2 Å². The predicted octanol–water partition coefficient (Wildman–Crippen LogP) is 2.15. The molecule has 11 nitrogen and oxygen atoms in total. The lowest BCUT2D eigenvalue weighted by Gasteiger charge is -2.29. The second-order valence-corrected chi connectivity index (χ2v) is 11.0. The number of urea groups is 1. The number of anilines is 2. The summed E-state index contributed by atoms with van der Waals surface area (Å²) in [4.78, 5) is 21.2. The first-order chi connectivity index (χ1) is 17.3. The highest BCUT2D eigenvalue weighted by Gasteiger charge is 2.48. The molecule has 0 spiro atoms. The molecule has 1 aromatic carbocycles. The number of benzene rings is 1. The van der Waals surface area contributed by atoms with E-state index in [0.29, 0.717) is 41.4 Å². The van der Waals surface area contributed by atoms with E-state index in [1.165, 1.54) is 0 Å². The average Bonchev–Trinajstić information content (AvgIpc) is 3.39. The van der Waals surface area contributed by atoms with Crippen LogP contribution in [-0.2, 0) is 14.6 Å². The number of amides is 2. The number of rotatable bonds is 12. The van der Waals surface area contributed by atoms with Crippen molar-refractivity contribution in [1.82, 2.24) is 15.3 Å². The summed E-state index contributed by atoms with van der Waals surface area (Å²) >= 11 is 0. The van der Waals surface area contributed by atoms with Crippen LogP contribution in [0.15, 0.2) is 30.3 Å². The summed E-state index contributed by atoms with van der Waals surface area (Å²) in [5.74, 6) is 0.604. The third kappa shape index (κ3) is 6.48.